The first-order valence-electron chi connectivity index (χ1n) is 8.68. The van der Waals surface area contributed by atoms with Crippen molar-refractivity contribution < 1.29 is 8.42 Å². The lowest BCUT2D eigenvalue weighted by Crippen LogP contribution is -2.21. The number of benzene rings is 3. The van der Waals surface area contributed by atoms with Crippen LogP contribution in [0.2, 0.25) is 5.02 Å². The molecule has 0 aliphatic carbocycles. The molecule has 140 valence electrons. The second-order valence-electron chi connectivity index (χ2n) is 6.48. The highest BCUT2D eigenvalue weighted by atomic mass is 35.5. The van der Waals surface area contributed by atoms with Crippen molar-refractivity contribution >= 4 is 33.2 Å². The van der Waals surface area contributed by atoms with Gasteiger partial charge in [-0.1, -0.05) is 59.6 Å². The molecular weight excluding hydrogens is 396 g/mol. The molecule has 0 aliphatic heterocycles. The van der Waals surface area contributed by atoms with Crippen LogP contribution in [0, 0.1) is 6.92 Å². The van der Waals surface area contributed by atoms with Crippen molar-refractivity contribution in [3.63, 3.8) is 0 Å². The zero-order chi connectivity index (χ0) is 19.3. The van der Waals surface area contributed by atoms with Gasteiger partial charge >= 0.3 is 0 Å². The molecule has 0 bridgehead atoms. The molecule has 1 unspecified atom stereocenters. The summed E-state index contributed by atoms with van der Waals surface area (Å²) in [6.45, 7) is 1.95. The molecule has 27 heavy (non-hydrogen) atoms. The summed E-state index contributed by atoms with van der Waals surface area (Å²) in [5.41, 5.74) is 2.17. The van der Waals surface area contributed by atoms with E-state index in [1.807, 2.05) is 73.7 Å². The minimum Gasteiger partial charge on any atom is -0.224 e. The van der Waals surface area contributed by atoms with Crippen molar-refractivity contribution in [1.29, 1.82) is 0 Å². The summed E-state index contributed by atoms with van der Waals surface area (Å²) < 4.78 is 25.9. The van der Waals surface area contributed by atoms with Gasteiger partial charge in [0.25, 0.3) is 0 Å². The third-order valence-electron chi connectivity index (χ3n) is 4.21. The van der Waals surface area contributed by atoms with E-state index in [2.05, 4.69) is 0 Å². The third-order valence-corrected chi connectivity index (χ3v) is 7.71. The molecule has 2 nitrogen and oxygen atoms in total. The fourth-order valence-corrected chi connectivity index (χ4v) is 6.04. The van der Waals surface area contributed by atoms with Gasteiger partial charge in [0.1, 0.15) is 0 Å². The van der Waals surface area contributed by atoms with E-state index < -0.39 is 9.84 Å². The zero-order valence-corrected chi connectivity index (χ0v) is 17.4. The van der Waals surface area contributed by atoms with E-state index in [4.69, 9.17) is 11.6 Å². The quantitative estimate of drug-likeness (QED) is 0.454. The molecule has 0 saturated carbocycles. The van der Waals surface area contributed by atoms with E-state index in [1.165, 1.54) is 0 Å². The Morgan fingerprint density at radius 1 is 0.889 bits per heavy atom. The zero-order valence-electron chi connectivity index (χ0n) is 15.0. The van der Waals surface area contributed by atoms with Gasteiger partial charge in [0, 0.05) is 15.2 Å². The normalized spacial score (nSPS) is 12.7. The Bertz CT molecular complexity index is 967. The van der Waals surface area contributed by atoms with Crippen LogP contribution in [0.3, 0.4) is 0 Å². The van der Waals surface area contributed by atoms with Crippen molar-refractivity contribution in [1.82, 2.24) is 0 Å². The Morgan fingerprint density at radius 2 is 1.52 bits per heavy atom. The number of aryl methyl sites for hydroxylation is 1. The van der Waals surface area contributed by atoms with Gasteiger partial charge < -0.3 is 0 Å². The summed E-state index contributed by atoms with van der Waals surface area (Å²) >= 11 is 7.55. The molecule has 0 saturated heterocycles. The highest BCUT2D eigenvalue weighted by Gasteiger charge is 2.22. The molecule has 0 amide bonds. The largest absolute Gasteiger partial charge is 0.224 e. The van der Waals surface area contributed by atoms with Crippen molar-refractivity contribution in [2.45, 2.75) is 28.4 Å². The lowest BCUT2D eigenvalue weighted by atomic mass is 10.1. The van der Waals surface area contributed by atoms with Crippen molar-refractivity contribution in [3.05, 3.63) is 95.0 Å². The SMILES string of the molecule is Cc1ccc(S(=O)(=O)CC(Cc2ccccc2)Sc2ccc(Cl)cc2)cc1. The van der Waals surface area contributed by atoms with Crippen LogP contribution in [0.5, 0.6) is 0 Å². The van der Waals surface area contributed by atoms with Gasteiger partial charge in [-0.3, -0.25) is 0 Å². The second-order valence-corrected chi connectivity index (χ2v) is 10.3. The summed E-state index contributed by atoms with van der Waals surface area (Å²) in [7, 11) is -3.37. The van der Waals surface area contributed by atoms with E-state index in [0.29, 0.717) is 16.3 Å². The van der Waals surface area contributed by atoms with Crippen LogP contribution in [0.1, 0.15) is 11.1 Å². The predicted molar refractivity (Wildman–Crippen MR) is 114 cm³/mol. The molecule has 0 heterocycles. The highest BCUT2D eigenvalue weighted by Crippen LogP contribution is 2.29. The minimum atomic E-state index is -3.37. The molecule has 3 rings (SSSR count). The lowest BCUT2D eigenvalue weighted by Gasteiger charge is -2.17. The van der Waals surface area contributed by atoms with Crippen LogP contribution < -0.4 is 0 Å². The molecule has 5 heteroatoms. The van der Waals surface area contributed by atoms with Gasteiger partial charge in [-0.15, -0.1) is 11.8 Å². The molecule has 0 radical (unpaired) electrons. The van der Waals surface area contributed by atoms with Gasteiger partial charge in [-0.25, -0.2) is 8.42 Å². The molecule has 0 spiro atoms. The standard InChI is InChI=1S/C22H21ClO2S2/c1-17-7-13-22(14-8-17)27(24,25)16-21(15-18-5-3-2-4-6-18)26-20-11-9-19(23)10-12-20/h2-14,21H,15-16H2,1H3. The Kier molecular flexibility index (Phi) is 6.64. The van der Waals surface area contributed by atoms with Crippen LogP contribution in [0.25, 0.3) is 0 Å². The van der Waals surface area contributed by atoms with Crippen LogP contribution in [0.4, 0.5) is 0 Å². The average Bonchev–Trinajstić information content (AvgIpc) is 2.64. The first kappa shape index (κ1) is 20.0. The minimum absolute atomic E-state index is 0.0816. The Balaban J connectivity index is 1.84. The number of thioether (sulfide) groups is 1. The Labute approximate surface area is 170 Å². The summed E-state index contributed by atoms with van der Waals surface area (Å²) in [6, 6.07) is 24.6. The third kappa shape index (κ3) is 5.86. The fraction of sp³-hybridized carbons (Fsp3) is 0.182. The fourth-order valence-electron chi connectivity index (χ4n) is 2.80. The van der Waals surface area contributed by atoms with Crippen LogP contribution in [-0.4, -0.2) is 19.4 Å². The summed E-state index contributed by atoms with van der Waals surface area (Å²) in [5, 5.41) is 0.575. The Morgan fingerprint density at radius 3 is 2.15 bits per heavy atom. The maximum atomic E-state index is 13.0. The molecule has 0 aromatic heterocycles. The van der Waals surface area contributed by atoms with Crippen LogP contribution in [0.15, 0.2) is 88.7 Å². The highest BCUT2D eigenvalue weighted by molar-refractivity contribution is 8.01. The van der Waals surface area contributed by atoms with Crippen LogP contribution in [-0.2, 0) is 16.3 Å². The molecule has 1 atom stereocenters. The monoisotopic (exact) mass is 416 g/mol. The van der Waals surface area contributed by atoms with E-state index in [0.717, 1.165) is 16.0 Å². The van der Waals surface area contributed by atoms with Gasteiger partial charge in [0.15, 0.2) is 9.84 Å². The number of hydrogen-bond acceptors (Lipinski definition) is 3. The van der Waals surface area contributed by atoms with Gasteiger partial charge in [-0.05, 0) is 55.3 Å². The molecule has 0 N–H and O–H groups in total. The van der Waals surface area contributed by atoms with Gasteiger partial charge in [-0.2, -0.15) is 0 Å². The molecular formula is C22H21ClO2S2. The average molecular weight is 417 g/mol. The lowest BCUT2D eigenvalue weighted by molar-refractivity contribution is 0.594. The molecule has 0 aliphatic rings. The number of rotatable bonds is 7. The summed E-state index contributed by atoms with van der Waals surface area (Å²) in [4.78, 5) is 1.39. The summed E-state index contributed by atoms with van der Waals surface area (Å²) in [6.07, 6.45) is 0.680. The van der Waals surface area contributed by atoms with E-state index >= 15 is 0 Å². The van der Waals surface area contributed by atoms with E-state index in [9.17, 15) is 8.42 Å². The maximum absolute atomic E-state index is 13.0. The first-order chi connectivity index (χ1) is 12.9. The number of halogens is 1. The topological polar surface area (TPSA) is 34.1 Å². The molecule has 3 aromatic carbocycles. The van der Waals surface area contributed by atoms with Crippen molar-refractivity contribution in [3.8, 4) is 0 Å². The first-order valence-corrected chi connectivity index (χ1v) is 11.6. The van der Waals surface area contributed by atoms with Crippen molar-refractivity contribution in [2.75, 3.05) is 5.75 Å². The predicted octanol–water partition coefficient (Wildman–Crippen LogP) is 5.83. The molecule has 0 fully saturated rings. The van der Waals surface area contributed by atoms with Crippen molar-refractivity contribution in [2.24, 2.45) is 0 Å². The Hall–Kier alpha value is -1.75. The maximum Gasteiger partial charge on any atom is 0.179 e. The van der Waals surface area contributed by atoms with E-state index in [-0.39, 0.29) is 11.0 Å². The molecule has 3 aromatic rings. The van der Waals surface area contributed by atoms with Gasteiger partial charge in [0.2, 0.25) is 0 Å². The number of hydrogen-bond donors (Lipinski definition) is 0. The number of sulfone groups is 1. The summed E-state index contributed by atoms with van der Waals surface area (Å²) in [5.74, 6) is 0.0816. The second kappa shape index (κ2) is 8.96. The van der Waals surface area contributed by atoms with Gasteiger partial charge in [0.05, 0.1) is 10.6 Å². The smallest absolute Gasteiger partial charge is 0.179 e. The van der Waals surface area contributed by atoms with E-state index in [1.54, 1.807) is 23.9 Å². The van der Waals surface area contributed by atoms with Crippen LogP contribution >= 0.6 is 23.4 Å².